The van der Waals surface area contributed by atoms with E-state index in [0.717, 1.165) is 22.9 Å². The first-order valence-electron chi connectivity index (χ1n) is 3.53. The predicted octanol–water partition coefficient (Wildman–Crippen LogP) is 3.58. The van der Waals surface area contributed by atoms with Gasteiger partial charge in [-0.3, -0.25) is 0 Å². The van der Waals surface area contributed by atoms with Crippen LogP contribution in [-0.2, 0) is 17.3 Å². The molecule has 11 heavy (non-hydrogen) atoms. The van der Waals surface area contributed by atoms with Crippen LogP contribution in [0.1, 0.15) is 19.4 Å². The van der Waals surface area contributed by atoms with E-state index >= 15 is 0 Å². The molecule has 0 aromatic heterocycles. The molecule has 0 bridgehead atoms. The summed E-state index contributed by atoms with van der Waals surface area (Å²) in [7, 11) is 4.76. The third-order valence-corrected chi connectivity index (χ3v) is 0.843. The van der Waals surface area contributed by atoms with Crippen molar-refractivity contribution in [2.45, 2.75) is 13.8 Å². The Morgan fingerprint density at radius 1 is 1.09 bits per heavy atom. The van der Waals surface area contributed by atoms with Crippen LogP contribution in [0, 0.1) is 6.92 Å². The molecule has 58 valence electrons. The second-order valence-corrected chi connectivity index (χ2v) is 1.49. The van der Waals surface area contributed by atoms with Gasteiger partial charge in [-0.25, -0.2) is 0 Å². The summed E-state index contributed by atoms with van der Waals surface area (Å²) in [6.07, 6.45) is 0. The van der Waals surface area contributed by atoms with Crippen LogP contribution in [0.2, 0.25) is 0 Å². The quantitative estimate of drug-likeness (QED) is 0.464. The van der Waals surface area contributed by atoms with Crippen LogP contribution in [0.3, 0.4) is 0 Å². The second kappa shape index (κ2) is 12.7. The fourth-order valence-electron chi connectivity index (χ4n) is 0.478. The number of rotatable bonds is 0. The zero-order chi connectivity index (χ0) is 9.11. The molecule has 0 spiro atoms. The maximum absolute atomic E-state index is 4.76. The standard InChI is InChI=1S/C7H7.C2H6.ClH.Zn/c1-7-5-3-2-4-6-7;1-2;;/h2-6H,1H2;1-2H3;1H;/q-1;;;+2/p-1. The van der Waals surface area contributed by atoms with Crippen LogP contribution in [0.15, 0.2) is 30.3 Å². The van der Waals surface area contributed by atoms with Gasteiger partial charge in [0.2, 0.25) is 0 Å². The monoisotopic (exact) mass is 220 g/mol. The van der Waals surface area contributed by atoms with Crippen LogP contribution < -0.4 is 0 Å². The molecule has 0 aliphatic heterocycles. The number of benzene rings is 1. The summed E-state index contributed by atoms with van der Waals surface area (Å²) in [6.45, 7) is 7.72. The van der Waals surface area contributed by atoms with Gasteiger partial charge in [-0.2, -0.15) is 24.6 Å². The first-order valence-corrected chi connectivity index (χ1v) is 7.43. The first-order chi connectivity index (χ1) is 5.39. The van der Waals surface area contributed by atoms with Gasteiger partial charge in [0.05, 0.1) is 0 Å². The third-order valence-electron chi connectivity index (χ3n) is 0.843. The van der Waals surface area contributed by atoms with Crippen LogP contribution in [0.5, 0.6) is 0 Å². The third kappa shape index (κ3) is 10.0. The summed E-state index contributed by atoms with van der Waals surface area (Å²) in [5, 5.41) is 0. The number of hydrogen-bond donors (Lipinski definition) is 0. The average molecular weight is 222 g/mol. The van der Waals surface area contributed by atoms with Crippen molar-refractivity contribution < 1.29 is 17.3 Å². The van der Waals surface area contributed by atoms with Crippen molar-refractivity contribution in [2.75, 3.05) is 0 Å². The Kier molecular flexibility index (Phi) is 15.6. The number of hydrogen-bond acceptors (Lipinski definition) is 0. The molecule has 1 rings (SSSR count). The van der Waals surface area contributed by atoms with Gasteiger partial charge in [-0.15, -0.1) is 12.1 Å². The van der Waals surface area contributed by atoms with Gasteiger partial charge in [0.1, 0.15) is 0 Å². The molecule has 0 fully saturated rings. The molecule has 1 aromatic carbocycles. The molecule has 0 saturated carbocycles. The number of halogens is 1. The average Bonchev–Trinajstić information content (AvgIpc) is 2.13. The molecule has 0 aliphatic rings. The SMILES string of the molecule is CC.[CH2-]c1ccccc1.[Cl][Zn+]. The van der Waals surface area contributed by atoms with E-state index in [1.54, 1.807) is 0 Å². The van der Waals surface area contributed by atoms with E-state index in [0.29, 0.717) is 0 Å². The van der Waals surface area contributed by atoms with Gasteiger partial charge in [-0.05, 0) is 0 Å². The summed E-state index contributed by atoms with van der Waals surface area (Å²) >= 11 is 0.847. The van der Waals surface area contributed by atoms with E-state index in [1.165, 1.54) is 0 Å². The van der Waals surface area contributed by atoms with Gasteiger partial charge in [0.25, 0.3) is 0 Å². The van der Waals surface area contributed by atoms with E-state index in [-0.39, 0.29) is 0 Å². The molecule has 0 amide bonds. The molecule has 0 N–H and O–H groups in total. The fraction of sp³-hybridized carbons (Fsp3) is 0.222. The zero-order valence-corrected chi connectivity index (χ0v) is 10.9. The summed E-state index contributed by atoms with van der Waals surface area (Å²) in [4.78, 5) is 0. The van der Waals surface area contributed by atoms with Gasteiger partial charge in [0.15, 0.2) is 0 Å². The minimum atomic E-state index is 0.847. The second-order valence-electron chi connectivity index (χ2n) is 1.49. The van der Waals surface area contributed by atoms with Crippen LogP contribution >= 0.6 is 9.69 Å². The molecule has 1 aromatic rings. The van der Waals surface area contributed by atoms with Gasteiger partial charge in [0, 0.05) is 0 Å². The molecule has 0 heterocycles. The van der Waals surface area contributed by atoms with Crippen molar-refractivity contribution in [2.24, 2.45) is 0 Å². The van der Waals surface area contributed by atoms with Crippen LogP contribution in [0.4, 0.5) is 0 Å². The van der Waals surface area contributed by atoms with Crippen molar-refractivity contribution in [1.82, 2.24) is 0 Å². The van der Waals surface area contributed by atoms with E-state index in [2.05, 4.69) is 6.92 Å². The van der Waals surface area contributed by atoms with E-state index < -0.39 is 0 Å². The summed E-state index contributed by atoms with van der Waals surface area (Å²) in [6, 6.07) is 9.87. The molecule has 2 heteroatoms. The molecular weight excluding hydrogens is 209 g/mol. The maximum atomic E-state index is 4.76. The van der Waals surface area contributed by atoms with E-state index in [9.17, 15) is 0 Å². The Morgan fingerprint density at radius 2 is 1.45 bits per heavy atom. The molecule has 0 aliphatic carbocycles. The fourth-order valence-corrected chi connectivity index (χ4v) is 0.478. The molecule has 0 atom stereocenters. The van der Waals surface area contributed by atoms with Crippen molar-refractivity contribution in [3.05, 3.63) is 42.8 Å². The Morgan fingerprint density at radius 3 is 1.64 bits per heavy atom. The Bertz CT molecular complexity index is 139. The topological polar surface area (TPSA) is 0 Å². The zero-order valence-electron chi connectivity index (χ0n) is 7.18. The summed E-state index contributed by atoms with van der Waals surface area (Å²) in [5.74, 6) is 0. The Hall–Kier alpha value is 0.00338. The molecule has 0 saturated heterocycles. The molecule has 0 nitrogen and oxygen atoms in total. The van der Waals surface area contributed by atoms with Gasteiger partial charge in [-0.1, -0.05) is 19.9 Å². The summed E-state index contributed by atoms with van der Waals surface area (Å²) < 4.78 is 0. The normalized spacial score (nSPS) is 6.64. The van der Waals surface area contributed by atoms with Crippen molar-refractivity contribution in [1.29, 1.82) is 0 Å². The molecule has 0 unspecified atom stereocenters. The Labute approximate surface area is 83.7 Å². The summed E-state index contributed by atoms with van der Waals surface area (Å²) in [5.41, 5.74) is 1.07. The minimum absolute atomic E-state index is 0.847. The molecular formula is C9H13ClZn. The van der Waals surface area contributed by atoms with Crippen molar-refractivity contribution >= 4 is 9.69 Å². The van der Waals surface area contributed by atoms with Gasteiger partial charge >= 0.3 is 27.0 Å². The van der Waals surface area contributed by atoms with E-state index in [4.69, 9.17) is 9.69 Å². The first kappa shape index (κ1) is 13.6. The van der Waals surface area contributed by atoms with E-state index in [1.807, 2.05) is 44.2 Å². The van der Waals surface area contributed by atoms with Crippen molar-refractivity contribution in [3.63, 3.8) is 0 Å². The van der Waals surface area contributed by atoms with Crippen molar-refractivity contribution in [3.8, 4) is 0 Å². The van der Waals surface area contributed by atoms with Gasteiger partial charge < -0.3 is 0 Å². The van der Waals surface area contributed by atoms with Crippen LogP contribution in [-0.4, -0.2) is 0 Å². The molecule has 0 radical (unpaired) electrons. The predicted molar refractivity (Wildman–Crippen MR) is 48.1 cm³/mol. The Balaban J connectivity index is 0. The van der Waals surface area contributed by atoms with Crippen LogP contribution in [0.25, 0.3) is 0 Å².